The van der Waals surface area contributed by atoms with Crippen molar-refractivity contribution in [2.45, 2.75) is 31.1 Å². The van der Waals surface area contributed by atoms with Gasteiger partial charge in [0.15, 0.2) is 0 Å². The molecule has 1 saturated heterocycles. The van der Waals surface area contributed by atoms with E-state index in [-0.39, 0.29) is 35.5 Å². The number of sulfonamides is 1. The Kier molecular flexibility index (Phi) is 7.69. The van der Waals surface area contributed by atoms with E-state index < -0.39 is 14.9 Å². The summed E-state index contributed by atoms with van der Waals surface area (Å²) < 4.78 is 26.7. The van der Waals surface area contributed by atoms with E-state index in [0.29, 0.717) is 12.3 Å². The van der Waals surface area contributed by atoms with Crippen LogP contribution < -0.4 is 15.4 Å². The Balaban J connectivity index is 1.75. The van der Waals surface area contributed by atoms with Gasteiger partial charge in [-0.05, 0) is 43.8 Å². The number of nitrogens with zero attached hydrogens (tertiary/aromatic N) is 1. The quantitative estimate of drug-likeness (QED) is 0.323. The van der Waals surface area contributed by atoms with Crippen LogP contribution in [0.25, 0.3) is 0 Å². The Morgan fingerprint density at radius 2 is 2.19 bits per heavy atom. The van der Waals surface area contributed by atoms with Crippen molar-refractivity contribution in [1.82, 2.24) is 15.4 Å². The highest BCUT2D eigenvalue weighted by atomic mass is 32.2. The monoisotopic (exact) mass is 398 g/mol. The number of hydrogen-bond acceptors (Lipinski definition) is 6. The summed E-state index contributed by atoms with van der Waals surface area (Å²) in [5, 5.41) is 16.8. The number of hydrogen-bond donors (Lipinski definition) is 3. The van der Waals surface area contributed by atoms with Crippen LogP contribution in [0, 0.1) is 22.0 Å². The first-order valence-corrected chi connectivity index (χ1v) is 10.5. The molecule has 1 aromatic rings. The number of nitrogens with one attached hydrogen (secondary N) is 3. The molecule has 0 spiro atoms. The highest BCUT2D eigenvalue weighted by molar-refractivity contribution is 7.89. The molecule has 0 aliphatic carbocycles. The summed E-state index contributed by atoms with van der Waals surface area (Å²) >= 11 is 0. The van der Waals surface area contributed by atoms with Gasteiger partial charge in [-0.15, -0.1) is 0 Å². The second kappa shape index (κ2) is 9.77. The van der Waals surface area contributed by atoms with E-state index >= 15 is 0 Å². The summed E-state index contributed by atoms with van der Waals surface area (Å²) in [6, 6.07) is 4.83. The van der Waals surface area contributed by atoms with Gasteiger partial charge in [-0.25, -0.2) is 13.1 Å². The van der Waals surface area contributed by atoms with Gasteiger partial charge in [-0.1, -0.05) is 13.0 Å². The molecule has 3 N–H and O–H groups in total. The smallest absolute Gasteiger partial charge is 0.270 e. The van der Waals surface area contributed by atoms with Crippen LogP contribution >= 0.6 is 0 Å². The highest BCUT2D eigenvalue weighted by Crippen LogP contribution is 2.22. The number of carbonyl (C=O) groups excluding carboxylic acids is 1. The Morgan fingerprint density at radius 3 is 2.85 bits per heavy atom. The predicted octanol–water partition coefficient (Wildman–Crippen LogP) is 1.02. The van der Waals surface area contributed by atoms with Gasteiger partial charge >= 0.3 is 0 Å². The fourth-order valence-corrected chi connectivity index (χ4v) is 4.20. The van der Waals surface area contributed by atoms with Crippen molar-refractivity contribution < 1.29 is 18.1 Å². The Labute approximate surface area is 159 Å². The topological polar surface area (TPSA) is 130 Å². The van der Waals surface area contributed by atoms with Crippen LogP contribution in [0.4, 0.5) is 5.69 Å². The Morgan fingerprint density at radius 1 is 1.41 bits per heavy atom. The Bertz CT molecular complexity index is 762. The lowest BCUT2D eigenvalue weighted by Crippen LogP contribution is -2.37. The van der Waals surface area contributed by atoms with Crippen LogP contribution in [-0.2, 0) is 14.8 Å². The molecule has 1 heterocycles. The number of benzene rings is 1. The molecular formula is C17H26N4O5S. The van der Waals surface area contributed by atoms with E-state index in [1.54, 1.807) is 0 Å². The highest BCUT2D eigenvalue weighted by Gasteiger charge is 2.22. The van der Waals surface area contributed by atoms with Gasteiger partial charge in [0.05, 0.1) is 9.82 Å². The van der Waals surface area contributed by atoms with E-state index in [4.69, 9.17) is 0 Å². The van der Waals surface area contributed by atoms with E-state index in [1.807, 2.05) is 0 Å². The third-order valence-corrected chi connectivity index (χ3v) is 6.18. The standard InChI is InChI=1S/C17H26N4O5S/c1-13(14-4-3-7-18-12-14)10-17(22)19-8-9-20-27(25,26)16-6-2-5-15(11-16)21(23)24/h2,5-6,11,13-14,18,20H,3-4,7-10,12H2,1H3,(H,19,22). The lowest BCUT2D eigenvalue weighted by Gasteiger charge is -2.28. The summed E-state index contributed by atoms with van der Waals surface area (Å²) in [5.74, 6) is 0.638. The normalized spacial score (nSPS) is 18.6. The number of amides is 1. The summed E-state index contributed by atoms with van der Waals surface area (Å²) in [6.07, 6.45) is 2.64. The van der Waals surface area contributed by atoms with Crippen LogP contribution in [0.3, 0.4) is 0 Å². The van der Waals surface area contributed by atoms with Crippen LogP contribution in [0.15, 0.2) is 29.2 Å². The van der Waals surface area contributed by atoms with Gasteiger partial charge in [-0.2, -0.15) is 0 Å². The summed E-state index contributed by atoms with van der Waals surface area (Å²) in [5.41, 5.74) is -0.294. The molecule has 150 valence electrons. The van der Waals surface area contributed by atoms with Crippen molar-refractivity contribution in [3.63, 3.8) is 0 Å². The molecule has 0 bridgehead atoms. The fourth-order valence-electron chi connectivity index (χ4n) is 3.13. The number of nitro benzene ring substituents is 1. The molecule has 9 nitrogen and oxygen atoms in total. The maximum Gasteiger partial charge on any atom is 0.270 e. The second-order valence-electron chi connectivity index (χ2n) is 6.79. The average Bonchev–Trinajstić information content (AvgIpc) is 2.66. The van der Waals surface area contributed by atoms with Crippen molar-refractivity contribution in [1.29, 1.82) is 0 Å². The van der Waals surface area contributed by atoms with Crippen LogP contribution in [0.2, 0.25) is 0 Å². The zero-order valence-corrected chi connectivity index (χ0v) is 16.1. The molecule has 1 amide bonds. The number of carbonyl (C=O) groups is 1. The number of piperidine rings is 1. The van der Waals surface area contributed by atoms with Gasteiger partial charge in [0, 0.05) is 31.6 Å². The van der Waals surface area contributed by atoms with Crippen LogP contribution in [0.5, 0.6) is 0 Å². The molecule has 2 unspecified atom stereocenters. The number of rotatable bonds is 9. The largest absolute Gasteiger partial charge is 0.355 e. The molecule has 10 heteroatoms. The van der Waals surface area contributed by atoms with Gasteiger partial charge in [-0.3, -0.25) is 14.9 Å². The minimum absolute atomic E-state index is 0.0100. The van der Waals surface area contributed by atoms with Crippen molar-refractivity contribution in [3.8, 4) is 0 Å². The SMILES string of the molecule is CC(CC(=O)NCCNS(=O)(=O)c1cccc([N+](=O)[O-])c1)C1CCCNC1. The summed E-state index contributed by atoms with van der Waals surface area (Å²) in [4.78, 5) is 22.0. The number of non-ortho nitro benzene ring substituents is 1. The van der Waals surface area contributed by atoms with E-state index in [2.05, 4.69) is 22.3 Å². The van der Waals surface area contributed by atoms with Gasteiger partial charge < -0.3 is 10.6 Å². The minimum Gasteiger partial charge on any atom is -0.355 e. The third kappa shape index (κ3) is 6.56. The third-order valence-electron chi connectivity index (χ3n) is 4.73. The molecule has 1 aliphatic heterocycles. The van der Waals surface area contributed by atoms with E-state index in [9.17, 15) is 23.3 Å². The van der Waals surface area contributed by atoms with Gasteiger partial charge in [0.25, 0.3) is 5.69 Å². The molecule has 2 atom stereocenters. The van der Waals surface area contributed by atoms with Crippen molar-refractivity contribution >= 4 is 21.6 Å². The van der Waals surface area contributed by atoms with E-state index in [1.165, 1.54) is 18.2 Å². The summed E-state index contributed by atoms with van der Waals surface area (Å²) in [6.45, 7) is 4.18. The Hall–Kier alpha value is -2.04. The molecule has 27 heavy (non-hydrogen) atoms. The fraction of sp³-hybridized carbons (Fsp3) is 0.588. The van der Waals surface area contributed by atoms with Crippen molar-refractivity contribution in [2.75, 3.05) is 26.2 Å². The zero-order chi connectivity index (χ0) is 19.9. The van der Waals surface area contributed by atoms with Crippen LogP contribution in [-0.4, -0.2) is 45.4 Å². The van der Waals surface area contributed by atoms with Gasteiger partial charge in [0.1, 0.15) is 0 Å². The first-order valence-electron chi connectivity index (χ1n) is 9.01. The molecule has 0 radical (unpaired) electrons. The first-order chi connectivity index (χ1) is 12.8. The van der Waals surface area contributed by atoms with E-state index in [0.717, 1.165) is 32.0 Å². The maximum absolute atomic E-state index is 12.2. The minimum atomic E-state index is -3.87. The van der Waals surface area contributed by atoms with Crippen LogP contribution in [0.1, 0.15) is 26.2 Å². The second-order valence-corrected chi connectivity index (χ2v) is 8.56. The molecule has 0 saturated carbocycles. The maximum atomic E-state index is 12.2. The first kappa shape index (κ1) is 21.3. The zero-order valence-electron chi connectivity index (χ0n) is 15.3. The lowest BCUT2D eigenvalue weighted by molar-refractivity contribution is -0.385. The molecule has 1 aromatic carbocycles. The molecular weight excluding hydrogens is 372 g/mol. The lowest BCUT2D eigenvalue weighted by atomic mass is 9.85. The van der Waals surface area contributed by atoms with Gasteiger partial charge in [0.2, 0.25) is 15.9 Å². The molecule has 2 rings (SSSR count). The predicted molar refractivity (Wildman–Crippen MR) is 101 cm³/mol. The molecule has 0 aromatic heterocycles. The molecule has 1 fully saturated rings. The number of nitro groups is 1. The van der Waals surface area contributed by atoms with Crippen molar-refractivity contribution in [2.24, 2.45) is 11.8 Å². The average molecular weight is 398 g/mol. The van der Waals surface area contributed by atoms with Crippen molar-refractivity contribution in [3.05, 3.63) is 34.4 Å². The molecule has 1 aliphatic rings. The summed E-state index contributed by atoms with van der Waals surface area (Å²) in [7, 11) is -3.87.